The molecule has 2 aromatic carbocycles. The van der Waals surface area contributed by atoms with Crippen LogP contribution in [0.15, 0.2) is 54.6 Å². The van der Waals surface area contributed by atoms with Gasteiger partial charge in [0.1, 0.15) is 0 Å². The number of hydrogen-bond donors (Lipinski definition) is 2. The van der Waals surface area contributed by atoms with Crippen LogP contribution in [0.5, 0.6) is 0 Å². The first-order valence-electron chi connectivity index (χ1n) is 6.77. The summed E-state index contributed by atoms with van der Waals surface area (Å²) >= 11 is 6.26. The summed E-state index contributed by atoms with van der Waals surface area (Å²) in [5.74, 6) is 0. The van der Waals surface area contributed by atoms with Crippen molar-refractivity contribution in [3.63, 3.8) is 0 Å². The summed E-state index contributed by atoms with van der Waals surface area (Å²) in [5, 5.41) is 11.1. The van der Waals surface area contributed by atoms with Crippen molar-refractivity contribution in [1.29, 1.82) is 0 Å². The van der Waals surface area contributed by atoms with E-state index in [4.69, 9.17) is 17.3 Å². The third kappa shape index (κ3) is 2.88. The van der Waals surface area contributed by atoms with Crippen LogP contribution in [0.4, 0.5) is 0 Å². The van der Waals surface area contributed by atoms with Gasteiger partial charge in [-0.05, 0) is 30.5 Å². The average molecular weight is 290 g/mol. The molecule has 2 nitrogen and oxygen atoms in total. The number of hydrogen-bond acceptors (Lipinski definition) is 2. The molecule has 0 radical (unpaired) electrons. The highest BCUT2D eigenvalue weighted by molar-refractivity contribution is 6.31. The minimum Gasteiger partial charge on any atom is -0.392 e. The van der Waals surface area contributed by atoms with E-state index in [9.17, 15) is 5.11 Å². The molecular formula is C17H20ClNO. The summed E-state index contributed by atoms with van der Waals surface area (Å²) in [6.07, 6.45) is 0.0522. The highest BCUT2D eigenvalue weighted by atomic mass is 35.5. The summed E-state index contributed by atoms with van der Waals surface area (Å²) in [4.78, 5) is 0. The number of rotatable bonds is 5. The van der Waals surface area contributed by atoms with Gasteiger partial charge in [-0.3, -0.25) is 0 Å². The molecule has 0 saturated carbocycles. The van der Waals surface area contributed by atoms with Crippen LogP contribution in [0.2, 0.25) is 5.02 Å². The first-order valence-corrected chi connectivity index (χ1v) is 7.15. The predicted molar refractivity (Wildman–Crippen MR) is 84.0 cm³/mol. The molecule has 2 aromatic rings. The van der Waals surface area contributed by atoms with E-state index in [0.717, 1.165) is 11.1 Å². The molecule has 0 aliphatic heterocycles. The van der Waals surface area contributed by atoms with Crippen LogP contribution < -0.4 is 5.73 Å². The van der Waals surface area contributed by atoms with Crippen LogP contribution in [0.3, 0.4) is 0 Å². The second-order valence-corrected chi connectivity index (χ2v) is 5.58. The highest BCUT2D eigenvalue weighted by Gasteiger charge is 2.36. The lowest BCUT2D eigenvalue weighted by atomic mass is 9.72. The van der Waals surface area contributed by atoms with Gasteiger partial charge < -0.3 is 10.8 Å². The minimum absolute atomic E-state index is 0.361. The van der Waals surface area contributed by atoms with Crippen molar-refractivity contribution in [1.82, 2.24) is 0 Å². The number of aliphatic hydroxyl groups is 1. The molecule has 0 aliphatic rings. The van der Waals surface area contributed by atoms with E-state index in [1.54, 1.807) is 6.92 Å². The van der Waals surface area contributed by atoms with E-state index in [0.29, 0.717) is 18.0 Å². The van der Waals surface area contributed by atoms with Gasteiger partial charge in [-0.25, -0.2) is 0 Å². The Balaban J connectivity index is 2.46. The van der Waals surface area contributed by atoms with Crippen LogP contribution in [-0.2, 0) is 11.8 Å². The van der Waals surface area contributed by atoms with Gasteiger partial charge in [0.05, 0.1) is 6.10 Å². The third-order valence-electron chi connectivity index (χ3n) is 3.98. The van der Waals surface area contributed by atoms with E-state index in [1.165, 1.54) is 0 Å². The van der Waals surface area contributed by atoms with Crippen molar-refractivity contribution >= 4 is 11.6 Å². The largest absolute Gasteiger partial charge is 0.392 e. The van der Waals surface area contributed by atoms with Gasteiger partial charge in [0.15, 0.2) is 0 Å². The molecule has 0 amide bonds. The fourth-order valence-electron chi connectivity index (χ4n) is 2.60. The maximum atomic E-state index is 10.3. The number of benzene rings is 2. The quantitative estimate of drug-likeness (QED) is 0.888. The minimum atomic E-state index is -0.564. The molecule has 0 aliphatic carbocycles. The van der Waals surface area contributed by atoms with E-state index in [1.807, 2.05) is 54.6 Å². The van der Waals surface area contributed by atoms with Gasteiger partial charge in [-0.15, -0.1) is 0 Å². The second-order valence-electron chi connectivity index (χ2n) is 5.17. The molecule has 0 aromatic heterocycles. The van der Waals surface area contributed by atoms with Gasteiger partial charge in [0.25, 0.3) is 0 Å². The van der Waals surface area contributed by atoms with Crippen LogP contribution in [-0.4, -0.2) is 17.8 Å². The van der Waals surface area contributed by atoms with Crippen molar-refractivity contribution in [3.8, 4) is 0 Å². The lowest BCUT2D eigenvalue weighted by Gasteiger charge is -2.36. The molecule has 20 heavy (non-hydrogen) atoms. The van der Waals surface area contributed by atoms with E-state index in [2.05, 4.69) is 0 Å². The first kappa shape index (κ1) is 15.0. The number of halogens is 1. The van der Waals surface area contributed by atoms with Crippen molar-refractivity contribution in [2.75, 3.05) is 6.54 Å². The Labute approximate surface area is 125 Å². The van der Waals surface area contributed by atoms with Crippen LogP contribution in [0.25, 0.3) is 0 Å². The Bertz CT molecular complexity index is 556. The highest BCUT2D eigenvalue weighted by Crippen LogP contribution is 2.33. The Morgan fingerprint density at radius 1 is 1.10 bits per heavy atom. The fourth-order valence-corrected chi connectivity index (χ4v) is 2.81. The van der Waals surface area contributed by atoms with Crippen LogP contribution >= 0.6 is 11.6 Å². The zero-order valence-electron chi connectivity index (χ0n) is 11.6. The normalized spacial score (nSPS) is 15.6. The van der Waals surface area contributed by atoms with E-state index >= 15 is 0 Å². The molecule has 2 rings (SSSR count). The molecular weight excluding hydrogens is 270 g/mol. The first-order chi connectivity index (χ1) is 9.60. The third-order valence-corrected chi connectivity index (χ3v) is 4.35. The summed E-state index contributed by atoms with van der Waals surface area (Å²) in [6, 6.07) is 17.6. The molecule has 0 bridgehead atoms. The molecule has 0 spiro atoms. The standard InChI is InChI=1S/C17H20ClNO/c1-13(20)17(12-19,15-8-3-2-4-9-15)11-14-7-5-6-10-16(14)18/h2-10,13,20H,11-12,19H2,1H3. The SMILES string of the molecule is CC(O)C(CN)(Cc1ccccc1Cl)c1ccccc1. The Morgan fingerprint density at radius 3 is 2.25 bits per heavy atom. The molecule has 3 heteroatoms. The fraction of sp³-hybridized carbons (Fsp3) is 0.294. The number of nitrogens with two attached hydrogens (primary N) is 1. The molecule has 3 N–H and O–H groups in total. The van der Waals surface area contributed by atoms with Crippen molar-refractivity contribution in [2.24, 2.45) is 5.73 Å². The molecule has 2 unspecified atom stereocenters. The zero-order valence-corrected chi connectivity index (χ0v) is 12.3. The van der Waals surface area contributed by atoms with Gasteiger partial charge in [-0.2, -0.15) is 0 Å². The molecule has 2 atom stereocenters. The lowest BCUT2D eigenvalue weighted by molar-refractivity contribution is 0.100. The van der Waals surface area contributed by atoms with Crippen molar-refractivity contribution in [3.05, 3.63) is 70.7 Å². The van der Waals surface area contributed by atoms with Crippen LogP contribution in [0, 0.1) is 0 Å². The van der Waals surface area contributed by atoms with Gasteiger partial charge in [0.2, 0.25) is 0 Å². The van der Waals surface area contributed by atoms with Crippen molar-refractivity contribution < 1.29 is 5.11 Å². The summed E-state index contributed by atoms with van der Waals surface area (Å²) in [5.41, 5.74) is 7.56. The molecule has 0 fully saturated rings. The molecule has 106 valence electrons. The predicted octanol–water partition coefficient (Wildman–Crippen LogP) is 3.16. The van der Waals surface area contributed by atoms with Gasteiger partial charge >= 0.3 is 0 Å². The van der Waals surface area contributed by atoms with E-state index in [-0.39, 0.29) is 0 Å². The zero-order chi connectivity index (χ0) is 14.6. The summed E-state index contributed by atoms with van der Waals surface area (Å²) in [7, 11) is 0. The summed E-state index contributed by atoms with van der Waals surface area (Å²) < 4.78 is 0. The maximum absolute atomic E-state index is 10.3. The monoisotopic (exact) mass is 289 g/mol. The summed E-state index contributed by atoms with van der Waals surface area (Å²) in [6.45, 7) is 2.15. The van der Waals surface area contributed by atoms with Gasteiger partial charge in [-0.1, -0.05) is 60.1 Å². The Kier molecular flexibility index (Phi) is 4.81. The van der Waals surface area contributed by atoms with Crippen molar-refractivity contribution in [2.45, 2.75) is 24.9 Å². The molecule has 0 saturated heterocycles. The maximum Gasteiger partial charge on any atom is 0.0624 e. The smallest absolute Gasteiger partial charge is 0.0624 e. The Morgan fingerprint density at radius 2 is 1.70 bits per heavy atom. The van der Waals surface area contributed by atoms with E-state index < -0.39 is 11.5 Å². The topological polar surface area (TPSA) is 46.2 Å². The molecule has 0 heterocycles. The van der Waals surface area contributed by atoms with Crippen LogP contribution in [0.1, 0.15) is 18.1 Å². The average Bonchev–Trinajstić information content (AvgIpc) is 2.47. The Hall–Kier alpha value is -1.35. The lowest BCUT2D eigenvalue weighted by Crippen LogP contribution is -2.46. The number of aliphatic hydroxyl groups excluding tert-OH is 1. The second kappa shape index (κ2) is 6.40. The van der Waals surface area contributed by atoms with Gasteiger partial charge in [0, 0.05) is 17.0 Å².